The number of likely N-dealkylation sites (N-methyl/N-ethyl adjacent to an activating group) is 1. The van der Waals surface area contributed by atoms with E-state index in [0.717, 1.165) is 55.5 Å². The molecular weight excluding hydrogens is 382 g/mol. The molecule has 2 aromatic carbocycles. The summed E-state index contributed by atoms with van der Waals surface area (Å²) in [5.41, 5.74) is 1.99. The standard InChI is InChI=1S/C22H27N5OS/c1-3-24-12-14-25(15-13-24)17-26-22(29)27(19-9-5-4-6-10-19)21(23-26)18-8-7-11-20(16-18)28-2/h4-11,16H,3,12-15,17H2,1-2H3. The maximum atomic E-state index is 5.87. The van der Waals surface area contributed by atoms with Gasteiger partial charge in [-0.3, -0.25) is 9.47 Å². The molecule has 0 atom stereocenters. The lowest BCUT2D eigenvalue weighted by Gasteiger charge is -2.33. The van der Waals surface area contributed by atoms with E-state index in [0.29, 0.717) is 11.4 Å². The predicted molar refractivity (Wildman–Crippen MR) is 118 cm³/mol. The van der Waals surface area contributed by atoms with Crippen molar-refractivity contribution in [2.45, 2.75) is 13.6 Å². The van der Waals surface area contributed by atoms with Crippen LogP contribution in [0.4, 0.5) is 0 Å². The van der Waals surface area contributed by atoms with Crippen molar-refractivity contribution in [3.63, 3.8) is 0 Å². The number of para-hydroxylation sites is 1. The lowest BCUT2D eigenvalue weighted by Crippen LogP contribution is -2.46. The number of hydrogen-bond donors (Lipinski definition) is 0. The Bertz CT molecular complexity index is 1010. The normalized spacial score (nSPS) is 15.5. The first kappa shape index (κ1) is 19.8. The lowest BCUT2D eigenvalue weighted by molar-refractivity contribution is 0.106. The van der Waals surface area contributed by atoms with Gasteiger partial charge in [0, 0.05) is 37.4 Å². The smallest absolute Gasteiger partial charge is 0.204 e. The molecule has 0 bridgehead atoms. The number of piperazine rings is 1. The maximum Gasteiger partial charge on any atom is 0.204 e. The second-order valence-corrected chi connectivity index (χ2v) is 7.57. The summed E-state index contributed by atoms with van der Waals surface area (Å²) < 4.78 is 10.1. The number of benzene rings is 2. The molecule has 1 aliphatic rings. The molecule has 1 saturated heterocycles. The Kier molecular flexibility index (Phi) is 6.08. The number of nitrogens with zero attached hydrogens (tertiary/aromatic N) is 5. The van der Waals surface area contributed by atoms with Crippen molar-refractivity contribution in [1.82, 2.24) is 24.1 Å². The van der Waals surface area contributed by atoms with Crippen molar-refractivity contribution in [2.24, 2.45) is 0 Å². The largest absolute Gasteiger partial charge is 0.497 e. The maximum absolute atomic E-state index is 5.87. The molecule has 0 saturated carbocycles. The van der Waals surface area contributed by atoms with Crippen LogP contribution in [0, 0.1) is 4.77 Å². The lowest BCUT2D eigenvalue weighted by atomic mass is 10.2. The van der Waals surface area contributed by atoms with Gasteiger partial charge < -0.3 is 9.64 Å². The highest BCUT2D eigenvalue weighted by Gasteiger charge is 2.19. The molecule has 3 aromatic rings. The highest BCUT2D eigenvalue weighted by Crippen LogP contribution is 2.26. The van der Waals surface area contributed by atoms with Gasteiger partial charge in [-0.25, -0.2) is 4.68 Å². The van der Waals surface area contributed by atoms with E-state index in [-0.39, 0.29) is 0 Å². The van der Waals surface area contributed by atoms with Gasteiger partial charge in [-0.15, -0.1) is 5.10 Å². The summed E-state index contributed by atoms with van der Waals surface area (Å²) in [6, 6.07) is 18.1. The van der Waals surface area contributed by atoms with E-state index in [2.05, 4.69) is 28.9 Å². The fourth-order valence-corrected chi connectivity index (χ4v) is 3.99. The minimum atomic E-state index is 0.701. The molecule has 152 valence electrons. The zero-order chi connectivity index (χ0) is 20.2. The van der Waals surface area contributed by atoms with Crippen LogP contribution in [-0.4, -0.2) is 64.0 Å². The van der Waals surface area contributed by atoms with E-state index in [1.54, 1.807) is 7.11 Å². The van der Waals surface area contributed by atoms with E-state index in [1.165, 1.54) is 0 Å². The van der Waals surface area contributed by atoms with Crippen molar-refractivity contribution in [2.75, 3.05) is 39.8 Å². The van der Waals surface area contributed by atoms with E-state index in [4.69, 9.17) is 22.1 Å². The van der Waals surface area contributed by atoms with Gasteiger partial charge in [-0.2, -0.15) is 0 Å². The zero-order valence-electron chi connectivity index (χ0n) is 17.0. The molecular formula is C22H27N5OS. The third-order valence-electron chi connectivity index (χ3n) is 5.43. The molecule has 7 heteroatoms. The number of rotatable bonds is 6. The van der Waals surface area contributed by atoms with Gasteiger partial charge in [0.2, 0.25) is 4.77 Å². The third-order valence-corrected chi connectivity index (χ3v) is 5.82. The highest BCUT2D eigenvalue weighted by molar-refractivity contribution is 7.71. The van der Waals surface area contributed by atoms with Gasteiger partial charge in [0.05, 0.1) is 13.8 Å². The molecule has 2 heterocycles. The molecule has 29 heavy (non-hydrogen) atoms. The van der Waals surface area contributed by atoms with Crippen LogP contribution in [-0.2, 0) is 6.67 Å². The Balaban J connectivity index is 1.72. The summed E-state index contributed by atoms with van der Waals surface area (Å²) in [5, 5.41) is 4.93. The second-order valence-electron chi connectivity index (χ2n) is 7.20. The van der Waals surface area contributed by atoms with Crippen molar-refractivity contribution in [3.05, 3.63) is 59.4 Å². The van der Waals surface area contributed by atoms with Crippen LogP contribution in [0.2, 0.25) is 0 Å². The van der Waals surface area contributed by atoms with Crippen molar-refractivity contribution >= 4 is 12.2 Å². The van der Waals surface area contributed by atoms with Gasteiger partial charge >= 0.3 is 0 Å². The molecule has 4 rings (SSSR count). The molecule has 0 radical (unpaired) electrons. The van der Waals surface area contributed by atoms with Crippen molar-refractivity contribution < 1.29 is 4.74 Å². The van der Waals surface area contributed by atoms with Crippen LogP contribution in [0.15, 0.2) is 54.6 Å². The number of methoxy groups -OCH3 is 1. The summed E-state index contributed by atoms with van der Waals surface area (Å²) in [6.07, 6.45) is 0. The summed E-state index contributed by atoms with van der Waals surface area (Å²) in [5.74, 6) is 1.63. The molecule has 0 amide bonds. The quantitative estimate of drug-likeness (QED) is 0.581. The Hall–Kier alpha value is -2.48. The molecule has 0 unspecified atom stereocenters. The number of ether oxygens (including phenoxy) is 1. The summed E-state index contributed by atoms with van der Waals surface area (Å²) >= 11 is 5.87. The average molecular weight is 410 g/mol. The molecule has 0 aliphatic carbocycles. The Labute approximate surface area is 176 Å². The molecule has 0 spiro atoms. The Morgan fingerprint density at radius 2 is 1.69 bits per heavy atom. The van der Waals surface area contributed by atoms with Crippen LogP contribution in [0.1, 0.15) is 6.92 Å². The van der Waals surface area contributed by atoms with Crippen molar-refractivity contribution in [1.29, 1.82) is 0 Å². The van der Waals surface area contributed by atoms with Gasteiger partial charge in [0.25, 0.3) is 0 Å². The van der Waals surface area contributed by atoms with Crippen LogP contribution in [0.25, 0.3) is 17.1 Å². The van der Waals surface area contributed by atoms with Gasteiger partial charge in [0.15, 0.2) is 5.82 Å². The monoisotopic (exact) mass is 409 g/mol. The van der Waals surface area contributed by atoms with Crippen LogP contribution < -0.4 is 4.74 Å². The van der Waals surface area contributed by atoms with Gasteiger partial charge in [0.1, 0.15) is 5.75 Å². The zero-order valence-corrected chi connectivity index (χ0v) is 17.8. The highest BCUT2D eigenvalue weighted by atomic mass is 32.1. The third kappa shape index (κ3) is 4.27. The first-order valence-electron chi connectivity index (χ1n) is 10.0. The first-order chi connectivity index (χ1) is 14.2. The average Bonchev–Trinajstić information content (AvgIpc) is 3.11. The summed E-state index contributed by atoms with van der Waals surface area (Å²) in [7, 11) is 1.68. The molecule has 1 fully saturated rings. The number of aromatic nitrogens is 3. The summed E-state index contributed by atoms with van der Waals surface area (Å²) in [6.45, 7) is 8.26. The van der Waals surface area contributed by atoms with Crippen LogP contribution >= 0.6 is 12.2 Å². The minimum absolute atomic E-state index is 0.701. The summed E-state index contributed by atoms with van der Waals surface area (Å²) in [4.78, 5) is 4.89. The van der Waals surface area contributed by atoms with Gasteiger partial charge in [-0.1, -0.05) is 37.3 Å². The fraction of sp³-hybridized carbons (Fsp3) is 0.364. The van der Waals surface area contributed by atoms with E-state index in [9.17, 15) is 0 Å². The molecule has 1 aromatic heterocycles. The topological polar surface area (TPSA) is 38.5 Å². The van der Waals surface area contributed by atoms with Gasteiger partial charge in [-0.05, 0) is 43.0 Å². The molecule has 0 N–H and O–H groups in total. The first-order valence-corrected chi connectivity index (χ1v) is 10.4. The molecule has 1 aliphatic heterocycles. The SMILES string of the molecule is CCN1CCN(Cn2nc(-c3cccc(OC)c3)n(-c3ccccc3)c2=S)CC1. The fourth-order valence-electron chi connectivity index (χ4n) is 3.70. The number of hydrogen-bond acceptors (Lipinski definition) is 5. The van der Waals surface area contributed by atoms with Crippen LogP contribution in [0.3, 0.4) is 0 Å². The second kappa shape index (κ2) is 8.90. The molecule has 6 nitrogen and oxygen atoms in total. The minimum Gasteiger partial charge on any atom is -0.497 e. The van der Waals surface area contributed by atoms with E-state index >= 15 is 0 Å². The van der Waals surface area contributed by atoms with E-state index < -0.39 is 0 Å². The van der Waals surface area contributed by atoms with E-state index in [1.807, 2.05) is 51.7 Å². The van der Waals surface area contributed by atoms with Crippen LogP contribution in [0.5, 0.6) is 5.75 Å². The Morgan fingerprint density at radius 1 is 0.966 bits per heavy atom. The van der Waals surface area contributed by atoms with Crippen molar-refractivity contribution in [3.8, 4) is 22.8 Å². The Morgan fingerprint density at radius 3 is 2.38 bits per heavy atom. The predicted octanol–water partition coefficient (Wildman–Crippen LogP) is 3.67.